The van der Waals surface area contributed by atoms with E-state index in [1.807, 2.05) is 12.1 Å². The van der Waals surface area contributed by atoms with E-state index < -0.39 is 0 Å². The zero-order valence-corrected chi connectivity index (χ0v) is 14.3. The predicted molar refractivity (Wildman–Crippen MR) is 101 cm³/mol. The third-order valence-corrected chi connectivity index (χ3v) is 4.38. The summed E-state index contributed by atoms with van der Waals surface area (Å²) in [5.74, 6) is -0.349. The van der Waals surface area contributed by atoms with E-state index in [1.54, 1.807) is 12.1 Å². The molecule has 1 aliphatic rings. The van der Waals surface area contributed by atoms with Gasteiger partial charge >= 0.3 is 0 Å². The summed E-state index contributed by atoms with van der Waals surface area (Å²) in [5.41, 5.74) is 2.70. The Hall–Kier alpha value is -2.56. The van der Waals surface area contributed by atoms with Crippen molar-refractivity contribution in [3.05, 3.63) is 54.3 Å². The SMILES string of the molecule is O=C(CCNc1cccc(F)c1)Nc1ccc(N2CCCCC2)cc1. The van der Waals surface area contributed by atoms with Gasteiger partial charge in [0.15, 0.2) is 0 Å². The van der Waals surface area contributed by atoms with Crippen LogP contribution in [-0.2, 0) is 4.79 Å². The molecule has 1 heterocycles. The van der Waals surface area contributed by atoms with E-state index in [0.717, 1.165) is 18.8 Å². The normalized spacial score (nSPS) is 14.2. The smallest absolute Gasteiger partial charge is 0.226 e. The van der Waals surface area contributed by atoms with E-state index in [2.05, 4.69) is 27.7 Å². The second kappa shape index (κ2) is 8.51. The number of benzene rings is 2. The lowest BCUT2D eigenvalue weighted by Gasteiger charge is -2.28. The first-order chi connectivity index (χ1) is 12.2. The van der Waals surface area contributed by atoms with Crippen LogP contribution in [-0.4, -0.2) is 25.5 Å². The molecule has 1 saturated heterocycles. The number of amides is 1. The van der Waals surface area contributed by atoms with Crippen LogP contribution in [0.15, 0.2) is 48.5 Å². The molecule has 3 rings (SSSR count). The molecule has 5 heteroatoms. The fraction of sp³-hybridized carbons (Fsp3) is 0.350. The topological polar surface area (TPSA) is 44.4 Å². The zero-order valence-electron chi connectivity index (χ0n) is 14.3. The number of anilines is 3. The molecule has 2 N–H and O–H groups in total. The number of carbonyl (C=O) groups excluding carboxylic acids is 1. The van der Waals surface area contributed by atoms with Gasteiger partial charge in [0.2, 0.25) is 5.91 Å². The summed E-state index contributed by atoms with van der Waals surface area (Å²) in [7, 11) is 0. The maximum atomic E-state index is 13.1. The molecule has 0 aliphatic carbocycles. The molecule has 0 spiro atoms. The first-order valence-electron chi connectivity index (χ1n) is 8.85. The highest BCUT2D eigenvalue weighted by Crippen LogP contribution is 2.21. The molecule has 0 radical (unpaired) electrons. The van der Waals surface area contributed by atoms with Gasteiger partial charge in [-0.3, -0.25) is 4.79 Å². The number of carbonyl (C=O) groups is 1. The van der Waals surface area contributed by atoms with Crippen LogP contribution in [0.2, 0.25) is 0 Å². The average molecular weight is 341 g/mol. The van der Waals surface area contributed by atoms with Crippen LogP contribution >= 0.6 is 0 Å². The van der Waals surface area contributed by atoms with Crippen LogP contribution in [0.25, 0.3) is 0 Å². The molecule has 1 fully saturated rings. The molecular weight excluding hydrogens is 317 g/mol. The van der Waals surface area contributed by atoms with Crippen LogP contribution in [0.4, 0.5) is 21.5 Å². The van der Waals surface area contributed by atoms with Gasteiger partial charge in [0.05, 0.1) is 0 Å². The van der Waals surface area contributed by atoms with Crippen LogP contribution in [0.1, 0.15) is 25.7 Å². The average Bonchev–Trinajstić information content (AvgIpc) is 2.63. The van der Waals surface area contributed by atoms with Crippen molar-refractivity contribution >= 4 is 23.0 Å². The van der Waals surface area contributed by atoms with Gasteiger partial charge in [-0.05, 0) is 61.7 Å². The molecule has 1 aliphatic heterocycles. The van der Waals surface area contributed by atoms with Gasteiger partial charge in [0.1, 0.15) is 5.82 Å². The summed E-state index contributed by atoms with van der Waals surface area (Å²) < 4.78 is 13.1. The maximum Gasteiger partial charge on any atom is 0.226 e. The molecule has 0 aromatic heterocycles. The van der Waals surface area contributed by atoms with E-state index in [1.165, 1.54) is 37.1 Å². The Bertz CT molecular complexity index is 696. The number of piperidine rings is 1. The van der Waals surface area contributed by atoms with E-state index in [9.17, 15) is 9.18 Å². The Kier molecular flexibility index (Phi) is 5.88. The van der Waals surface area contributed by atoms with Crippen molar-refractivity contribution in [2.45, 2.75) is 25.7 Å². The van der Waals surface area contributed by atoms with Crippen molar-refractivity contribution in [1.29, 1.82) is 0 Å². The number of rotatable bonds is 6. The number of hydrogen-bond donors (Lipinski definition) is 2. The number of nitrogens with one attached hydrogen (secondary N) is 2. The summed E-state index contributed by atoms with van der Waals surface area (Å²) in [4.78, 5) is 14.4. The minimum atomic E-state index is -0.289. The quantitative estimate of drug-likeness (QED) is 0.825. The first-order valence-corrected chi connectivity index (χ1v) is 8.85. The van der Waals surface area contributed by atoms with Gasteiger partial charge in [-0.25, -0.2) is 4.39 Å². The minimum absolute atomic E-state index is 0.0605. The first kappa shape index (κ1) is 17.3. The molecule has 25 heavy (non-hydrogen) atoms. The third kappa shape index (κ3) is 5.21. The third-order valence-electron chi connectivity index (χ3n) is 4.38. The maximum absolute atomic E-state index is 13.1. The molecule has 0 unspecified atom stereocenters. The van der Waals surface area contributed by atoms with Gasteiger partial charge in [-0.1, -0.05) is 6.07 Å². The predicted octanol–water partition coefficient (Wildman–Crippen LogP) is 4.26. The van der Waals surface area contributed by atoms with Gasteiger partial charge in [0.25, 0.3) is 0 Å². The van der Waals surface area contributed by atoms with Gasteiger partial charge in [-0.2, -0.15) is 0 Å². The standard InChI is InChI=1S/C20H24FN3O/c21-16-5-4-6-18(15-16)22-12-11-20(25)23-17-7-9-19(10-8-17)24-13-2-1-3-14-24/h4-10,15,22H,1-3,11-14H2,(H,23,25). The summed E-state index contributed by atoms with van der Waals surface area (Å²) in [6.07, 6.45) is 4.13. The summed E-state index contributed by atoms with van der Waals surface area (Å²) >= 11 is 0. The van der Waals surface area contributed by atoms with E-state index in [4.69, 9.17) is 0 Å². The van der Waals surface area contributed by atoms with Crippen molar-refractivity contribution < 1.29 is 9.18 Å². The van der Waals surface area contributed by atoms with Crippen molar-refractivity contribution in [3.8, 4) is 0 Å². The Balaban J connectivity index is 1.44. The molecule has 0 atom stereocenters. The highest BCUT2D eigenvalue weighted by Gasteiger charge is 2.10. The van der Waals surface area contributed by atoms with E-state index >= 15 is 0 Å². The lowest BCUT2D eigenvalue weighted by Crippen LogP contribution is -2.29. The molecule has 2 aromatic carbocycles. The molecule has 2 aromatic rings. The Morgan fingerprint density at radius 2 is 1.76 bits per heavy atom. The fourth-order valence-electron chi connectivity index (χ4n) is 3.05. The highest BCUT2D eigenvalue weighted by molar-refractivity contribution is 5.91. The lowest BCUT2D eigenvalue weighted by atomic mass is 10.1. The van der Waals surface area contributed by atoms with Crippen LogP contribution < -0.4 is 15.5 Å². The number of nitrogens with zero attached hydrogens (tertiary/aromatic N) is 1. The second-order valence-electron chi connectivity index (χ2n) is 6.33. The van der Waals surface area contributed by atoms with E-state index in [-0.39, 0.29) is 11.7 Å². The Morgan fingerprint density at radius 3 is 2.48 bits per heavy atom. The monoisotopic (exact) mass is 341 g/mol. The van der Waals surface area contributed by atoms with Crippen LogP contribution in [0.3, 0.4) is 0 Å². The van der Waals surface area contributed by atoms with Gasteiger partial charge in [-0.15, -0.1) is 0 Å². The van der Waals surface area contributed by atoms with Crippen molar-refractivity contribution in [2.75, 3.05) is 35.2 Å². The molecule has 1 amide bonds. The summed E-state index contributed by atoms with van der Waals surface area (Å²) in [6.45, 7) is 2.68. The Labute approximate surface area is 148 Å². The zero-order chi connectivity index (χ0) is 17.5. The van der Waals surface area contributed by atoms with E-state index in [0.29, 0.717) is 18.7 Å². The molecule has 0 bridgehead atoms. The number of halogens is 1. The van der Waals surface area contributed by atoms with Crippen molar-refractivity contribution in [3.63, 3.8) is 0 Å². The summed E-state index contributed by atoms with van der Waals surface area (Å²) in [5, 5.41) is 5.94. The second-order valence-corrected chi connectivity index (χ2v) is 6.33. The van der Waals surface area contributed by atoms with Crippen molar-refractivity contribution in [2.24, 2.45) is 0 Å². The van der Waals surface area contributed by atoms with Crippen LogP contribution in [0, 0.1) is 5.82 Å². The largest absolute Gasteiger partial charge is 0.384 e. The highest BCUT2D eigenvalue weighted by atomic mass is 19.1. The molecule has 0 saturated carbocycles. The molecule has 4 nitrogen and oxygen atoms in total. The fourth-order valence-corrected chi connectivity index (χ4v) is 3.05. The van der Waals surface area contributed by atoms with Gasteiger partial charge < -0.3 is 15.5 Å². The number of hydrogen-bond acceptors (Lipinski definition) is 3. The molecule has 132 valence electrons. The van der Waals surface area contributed by atoms with Gasteiger partial charge in [0, 0.05) is 43.1 Å². The van der Waals surface area contributed by atoms with Crippen LogP contribution in [0.5, 0.6) is 0 Å². The van der Waals surface area contributed by atoms with Crippen molar-refractivity contribution in [1.82, 2.24) is 0 Å². The molecular formula is C20H24FN3O. The summed E-state index contributed by atoms with van der Waals surface area (Å²) in [6, 6.07) is 14.2. The minimum Gasteiger partial charge on any atom is -0.384 e. The Morgan fingerprint density at radius 1 is 1.00 bits per heavy atom. The lowest BCUT2D eigenvalue weighted by molar-refractivity contribution is -0.115.